The van der Waals surface area contributed by atoms with Crippen LogP contribution in [0, 0.1) is 13.8 Å². The number of rotatable bonds is 6. The number of amidine groups is 2. The van der Waals surface area contributed by atoms with Crippen LogP contribution in [-0.2, 0) is 0 Å². The Morgan fingerprint density at radius 3 is 1.50 bits per heavy atom. The van der Waals surface area contributed by atoms with E-state index in [0.717, 1.165) is 71.5 Å². The second-order valence-electron chi connectivity index (χ2n) is 8.15. The minimum absolute atomic E-state index is 0.271. The van der Waals surface area contributed by atoms with Crippen LogP contribution in [-0.4, -0.2) is 37.9 Å². The van der Waals surface area contributed by atoms with Gasteiger partial charge in [-0.1, -0.05) is 0 Å². The van der Waals surface area contributed by atoms with Crippen molar-refractivity contribution in [2.24, 2.45) is 9.98 Å². The van der Waals surface area contributed by atoms with Crippen molar-refractivity contribution in [3.05, 3.63) is 79.1 Å². The van der Waals surface area contributed by atoms with Gasteiger partial charge in [0.2, 0.25) is 0 Å². The number of hydrogen-bond donors (Lipinski definition) is 4. The molecule has 0 radical (unpaired) electrons. The standard InChI is InChI=1S/C24H24N6O2/c1-13-7-15(23-25-3-4-26-23)11-17(9-13)29-19-20(22(32)21(19)31)30-18-10-14(2)8-16(12-18)24-27-5-6-28-24/h7-12,29-30H,3-6H2,1-2H3,(H,25,26)(H,27,28). The lowest BCUT2D eigenvalue weighted by atomic mass is 10.1. The first-order valence-corrected chi connectivity index (χ1v) is 10.7. The zero-order valence-corrected chi connectivity index (χ0v) is 18.0. The number of hydrogen-bond acceptors (Lipinski definition) is 8. The van der Waals surface area contributed by atoms with Gasteiger partial charge in [-0.2, -0.15) is 0 Å². The van der Waals surface area contributed by atoms with Crippen LogP contribution < -0.4 is 32.1 Å². The van der Waals surface area contributed by atoms with Crippen LogP contribution in [0.5, 0.6) is 0 Å². The third kappa shape index (κ3) is 3.75. The van der Waals surface area contributed by atoms with Crippen molar-refractivity contribution >= 4 is 34.4 Å². The van der Waals surface area contributed by atoms with Gasteiger partial charge in [-0.05, 0) is 61.4 Å². The predicted molar refractivity (Wildman–Crippen MR) is 129 cm³/mol. The van der Waals surface area contributed by atoms with Gasteiger partial charge < -0.3 is 21.3 Å². The second kappa shape index (κ2) is 7.96. The number of benzene rings is 2. The lowest BCUT2D eigenvalue weighted by Crippen LogP contribution is -2.36. The maximum Gasteiger partial charge on any atom is 0.253 e. The molecule has 0 aromatic heterocycles. The van der Waals surface area contributed by atoms with E-state index in [2.05, 4.69) is 31.3 Å². The summed E-state index contributed by atoms with van der Waals surface area (Å²) in [5, 5.41) is 12.8. The van der Waals surface area contributed by atoms with Gasteiger partial charge in [-0.25, -0.2) is 0 Å². The highest BCUT2D eigenvalue weighted by molar-refractivity contribution is 6.01. The van der Waals surface area contributed by atoms with E-state index in [4.69, 9.17) is 0 Å². The molecule has 2 aliphatic heterocycles. The van der Waals surface area contributed by atoms with E-state index in [-0.39, 0.29) is 11.4 Å². The Labute approximate surface area is 185 Å². The van der Waals surface area contributed by atoms with E-state index in [1.165, 1.54) is 0 Å². The van der Waals surface area contributed by atoms with Crippen LogP contribution in [0.15, 0.2) is 56.0 Å². The number of nitrogens with one attached hydrogen (secondary N) is 4. The SMILES string of the molecule is Cc1cc(Nc2c(Nc3cc(C)cc(C4=NCCN4)c3)c(=O)c2=O)cc(C2=NCCN2)c1. The summed E-state index contributed by atoms with van der Waals surface area (Å²) in [5.41, 5.74) is 4.92. The summed E-state index contributed by atoms with van der Waals surface area (Å²) in [4.78, 5) is 33.7. The van der Waals surface area contributed by atoms with Crippen LogP contribution in [0.25, 0.3) is 0 Å². The van der Waals surface area contributed by atoms with Gasteiger partial charge in [0.25, 0.3) is 10.9 Å². The van der Waals surface area contributed by atoms with Gasteiger partial charge in [0.15, 0.2) is 0 Å². The first-order chi connectivity index (χ1) is 15.5. The molecular weight excluding hydrogens is 404 g/mol. The third-order valence-corrected chi connectivity index (χ3v) is 5.50. The fourth-order valence-electron chi connectivity index (χ4n) is 4.09. The lowest BCUT2D eigenvalue weighted by molar-refractivity contribution is 0.960. The summed E-state index contributed by atoms with van der Waals surface area (Å²) in [6.45, 7) is 7.10. The molecule has 5 rings (SSSR count). The van der Waals surface area contributed by atoms with Crippen LogP contribution in [0.3, 0.4) is 0 Å². The molecule has 0 spiro atoms. The molecule has 4 N–H and O–H groups in total. The normalized spacial score (nSPS) is 15.2. The Bertz CT molecular complexity index is 1240. The van der Waals surface area contributed by atoms with Crippen molar-refractivity contribution in [3.8, 4) is 0 Å². The third-order valence-electron chi connectivity index (χ3n) is 5.50. The van der Waals surface area contributed by atoms with Crippen LogP contribution >= 0.6 is 0 Å². The summed E-state index contributed by atoms with van der Waals surface area (Å²) in [6.07, 6.45) is 0. The van der Waals surface area contributed by atoms with E-state index in [9.17, 15) is 9.59 Å². The van der Waals surface area contributed by atoms with E-state index in [1.54, 1.807) is 0 Å². The molecule has 0 saturated heterocycles. The fraction of sp³-hybridized carbons (Fsp3) is 0.250. The molecule has 2 heterocycles. The Morgan fingerprint density at radius 1 is 0.688 bits per heavy atom. The predicted octanol–water partition coefficient (Wildman–Crippen LogP) is 2.09. The highest BCUT2D eigenvalue weighted by Gasteiger charge is 2.22. The molecule has 3 aromatic rings. The Morgan fingerprint density at radius 2 is 1.12 bits per heavy atom. The highest BCUT2D eigenvalue weighted by Crippen LogP contribution is 2.27. The zero-order chi connectivity index (χ0) is 22.2. The molecule has 0 bridgehead atoms. The molecule has 0 saturated carbocycles. The van der Waals surface area contributed by atoms with Crippen LogP contribution in [0.2, 0.25) is 0 Å². The molecule has 8 heteroatoms. The first kappa shape index (κ1) is 20.0. The van der Waals surface area contributed by atoms with Crippen molar-refractivity contribution < 1.29 is 0 Å². The van der Waals surface area contributed by atoms with Gasteiger partial charge >= 0.3 is 0 Å². The molecule has 2 aliphatic rings. The Kier molecular flexibility index (Phi) is 4.97. The monoisotopic (exact) mass is 428 g/mol. The molecule has 32 heavy (non-hydrogen) atoms. The molecular formula is C24H24N6O2. The molecule has 0 atom stereocenters. The topological polar surface area (TPSA) is 107 Å². The highest BCUT2D eigenvalue weighted by atomic mass is 16.2. The molecule has 0 unspecified atom stereocenters. The summed E-state index contributed by atoms with van der Waals surface area (Å²) >= 11 is 0. The van der Waals surface area contributed by atoms with E-state index in [0.29, 0.717) is 0 Å². The van der Waals surface area contributed by atoms with Gasteiger partial charge in [-0.15, -0.1) is 0 Å². The van der Waals surface area contributed by atoms with E-state index >= 15 is 0 Å². The summed E-state index contributed by atoms with van der Waals surface area (Å²) in [6, 6.07) is 11.8. The van der Waals surface area contributed by atoms with Crippen molar-refractivity contribution in [1.82, 2.24) is 10.6 Å². The molecule has 0 amide bonds. The van der Waals surface area contributed by atoms with Crippen molar-refractivity contribution in [1.29, 1.82) is 0 Å². The molecule has 0 aliphatic carbocycles. The maximum absolute atomic E-state index is 12.4. The number of anilines is 4. The minimum atomic E-state index is -0.526. The van der Waals surface area contributed by atoms with Crippen LogP contribution in [0.4, 0.5) is 22.7 Å². The van der Waals surface area contributed by atoms with Gasteiger partial charge in [-0.3, -0.25) is 19.6 Å². The lowest BCUT2D eigenvalue weighted by Gasteiger charge is -2.17. The van der Waals surface area contributed by atoms with E-state index in [1.807, 2.05) is 50.2 Å². The molecule has 8 nitrogen and oxygen atoms in total. The molecule has 0 fully saturated rings. The Balaban J connectivity index is 1.43. The zero-order valence-electron chi connectivity index (χ0n) is 18.0. The van der Waals surface area contributed by atoms with Crippen molar-refractivity contribution in [2.45, 2.75) is 13.8 Å². The van der Waals surface area contributed by atoms with E-state index < -0.39 is 10.9 Å². The average molecular weight is 428 g/mol. The molecule has 3 aromatic carbocycles. The average Bonchev–Trinajstić information content (AvgIpc) is 3.49. The Hall–Kier alpha value is -3.94. The van der Waals surface area contributed by atoms with Gasteiger partial charge in [0.05, 0.1) is 13.1 Å². The van der Waals surface area contributed by atoms with Crippen molar-refractivity contribution in [3.63, 3.8) is 0 Å². The van der Waals surface area contributed by atoms with Gasteiger partial charge in [0.1, 0.15) is 23.0 Å². The quantitative estimate of drug-likeness (QED) is 0.448. The smallest absolute Gasteiger partial charge is 0.253 e. The molecule has 162 valence electrons. The summed E-state index contributed by atoms with van der Waals surface area (Å²) in [5.74, 6) is 1.69. The minimum Gasteiger partial charge on any atom is -0.368 e. The van der Waals surface area contributed by atoms with Gasteiger partial charge in [0, 0.05) is 35.6 Å². The number of nitrogens with zero attached hydrogens (tertiary/aromatic N) is 2. The summed E-state index contributed by atoms with van der Waals surface area (Å²) < 4.78 is 0. The summed E-state index contributed by atoms with van der Waals surface area (Å²) in [7, 11) is 0. The fourth-order valence-corrected chi connectivity index (χ4v) is 4.09. The first-order valence-electron chi connectivity index (χ1n) is 10.7. The largest absolute Gasteiger partial charge is 0.368 e. The number of aliphatic imine (C=N–C) groups is 2. The number of aryl methyl sites for hydroxylation is 2. The second-order valence-corrected chi connectivity index (χ2v) is 8.15. The van der Waals surface area contributed by atoms with Crippen molar-refractivity contribution in [2.75, 3.05) is 36.8 Å². The maximum atomic E-state index is 12.4. The van der Waals surface area contributed by atoms with Crippen LogP contribution in [0.1, 0.15) is 22.3 Å².